The maximum Gasteiger partial charge on any atom is 0.137 e. The number of aromatic nitrogens is 2. The van der Waals surface area contributed by atoms with E-state index in [-0.39, 0.29) is 5.54 Å². The summed E-state index contributed by atoms with van der Waals surface area (Å²) in [5.41, 5.74) is 2.22. The van der Waals surface area contributed by atoms with Crippen molar-refractivity contribution in [2.45, 2.75) is 39.8 Å². The molecule has 0 aliphatic rings. The number of rotatable bonds is 5. The summed E-state index contributed by atoms with van der Waals surface area (Å²) in [5, 5.41) is 3.44. The van der Waals surface area contributed by atoms with Crippen LogP contribution in [0.4, 0.5) is 0 Å². The first-order valence-corrected chi connectivity index (χ1v) is 7.00. The summed E-state index contributed by atoms with van der Waals surface area (Å²) in [5.74, 6) is 1.74. The van der Waals surface area contributed by atoms with E-state index in [9.17, 15) is 0 Å². The van der Waals surface area contributed by atoms with E-state index in [1.807, 2.05) is 37.4 Å². The second kappa shape index (κ2) is 6.09. The fourth-order valence-electron chi connectivity index (χ4n) is 1.86. The highest BCUT2D eigenvalue weighted by Gasteiger charge is 2.10. The van der Waals surface area contributed by atoms with Gasteiger partial charge in [0.25, 0.3) is 0 Å². The predicted octanol–water partition coefficient (Wildman–Crippen LogP) is 3.36. The number of imidazole rings is 1. The summed E-state index contributed by atoms with van der Waals surface area (Å²) < 4.78 is 5.51. The van der Waals surface area contributed by atoms with Gasteiger partial charge in [-0.15, -0.1) is 0 Å². The van der Waals surface area contributed by atoms with Gasteiger partial charge in [-0.25, -0.2) is 4.98 Å². The molecule has 1 heterocycles. The predicted molar refractivity (Wildman–Crippen MR) is 81.8 cm³/mol. The Balaban J connectivity index is 2.10. The van der Waals surface area contributed by atoms with Crippen molar-refractivity contribution in [1.82, 2.24) is 15.3 Å². The molecule has 1 aromatic carbocycles. The van der Waals surface area contributed by atoms with E-state index in [2.05, 4.69) is 36.1 Å². The minimum Gasteiger partial charge on any atom is -0.494 e. The van der Waals surface area contributed by atoms with Crippen LogP contribution in [0.5, 0.6) is 5.75 Å². The molecule has 2 rings (SSSR count). The van der Waals surface area contributed by atoms with Crippen LogP contribution in [0.25, 0.3) is 11.4 Å². The van der Waals surface area contributed by atoms with Crippen molar-refractivity contribution in [3.05, 3.63) is 36.2 Å². The lowest BCUT2D eigenvalue weighted by molar-refractivity contribution is 0.340. The van der Waals surface area contributed by atoms with Gasteiger partial charge in [-0.1, -0.05) is 12.1 Å². The highest BCUT2D eigenvalue weighted by Crippen LogP contribution is 2.21. The first kappa shape index (κ1) is 14.6. The van der Waals surface area contributed by atoms with Gasteiger partial charge < -0.3 is 15.0 Å². The average Bonchev–Trinajstić information content (AvgIpc) is 2.85. The van der Waals surface area contributed by atoms with Crippen molar-refractivity contribution in [2.75, 3.05) is 6.61 Å². The van der Waals surface area contributed by atoms with Crippen LogP contribution in [-0.4, -0.2) is 22.1 Å². The van der Waals surface area contributed by atoms with Gasteiger partial charge in [0.15, 0.2) is 0 Å². The summed E-state index contributed by atoms with van der Waals surface area (Å²) in [4.78, 5) is 7.78. The standard InChI is InChI=1S/C16H23N3O/c1-5-20-14-8-6-7-12(9-14)15-17-10-13(19-15)11-18-16(2,3)4/h6-10,18H,5,11H2,1-4H3,(H,17,19). The van der Waals surface area contributed by atoms with Gasteiger partial charge in [0.1, 0.15) is 11.6 Å². The molecule has 0 amide bonds. The molecule has 1 aromatic heterocycles. The molecule has 0 unspecified atom stereocenters. The largest absolute Gasteiger partial charge is 0.494 e. The SMILES string of the molecule is CCOc1cccc(-c2ncc(CNC(C)(C)C)[nH]2)c1. The summed E-state index contributed by atoms with van der Waals surface area (Å²) in [6.45, 7) is 9.88. The average molecular weight is 273 g/mol. The minimum absolute atomic E-state index is 0.0974. The van der Waals surface area contributed by atoms with Crippen LogP contribution in [-0.2, 0) is 6.54 Å². The molecule has 0 atom stereocenters. The first-order valence-electron chi connectivity index (χ1n) is 7.00. The van der Waals surface area contributed by atoms with E-state index in [4.69, 9.17) is 4.74 Å². The van der Waals surface area contributed by atoms with Gasteiger partial charge in [-0.05, 0) is 39.8 Å². The second-order valence-electron chi connectivity index (χ2n) is 5.82. The molecule has 0 bridgehead atoms. The maximum atomic E-state index is 5.51. The molecule has 0 aliphatic heterocycles. The van der Waals surface area contributed by atoms with E-state index in [0.717, 1.165) is 29.4 Å². The van der Waals surface area contributed by atoms with Crippen LogP contribution in [0.3, 0.4) is 0 Å². The molecule has 2 N–H and O–H groups in total. The molecular formula is C16H23N3O. The lowest BCUT2D eigenvalue weighted by Gasteiger charge is -2.19. The van der Waals surface area contributed by atoms with Crippen LogP contribution >= 0.6 is 0 Å². The topological polar surface area (TPSA) is 49.9 Å². The van der Waals surface area contributed by atoms with Gasteiger partial charge >= 0.3 is 0 Å². The molecule has 108 valence electrons. The van der Waals surface area contributed by atoms with Crippen molar-refractivity contribution in [2.24, 2.45) is 0 Å². The number of aromatic amines is 1. The third-order valence-corrected chi connectivity index (χ3v) is 2.86. The molecule has 0 radical (unpaired) electrons. The summed E-state index contributed by atoms with van der Waals surface area (Å²) in [6.07, 6.45) is 1.88. The number of H-pyrrole nitrogens is 1. The molecule has 4 nitrogen and oxygen atoms in total. The normalized spacial score (nSPS) is 11.6. The zero-order valence-electron chi connectivity index (χ0n) is 12.7. The van der Waals surface area contributed by atoms with Crippen molar-refractivity contribution in [1.29, 1.82) is 0 Å². The van der Waals surface area contributed by atoms with E-state index in [1.165, 1.54) is 0 Å². The highest BCUT2D eigenvalue weighted by molar-refractivity contribution is 5.57. The zero-order chi connectivity index (χ0) is 14.6. The Kier molecular flexibility index (Phi) is 4.45. The smallest absolute Gasteiger partial charge is 0.137 e. The van der Waals surface area contributed by atoms with E-state index in [1.54, 1.807) is 0 Å². The van der Waals surface area contributed by atoms with Gasteiger partial charge in [-0.2, -0.15) is 0 Å². The Bertz CT molecular complexity index is 555. The molecule has 0 aliphatic carbocycles. The van der Waals surface area contributed by atoms with Gasteiger partial charge in [0, 0.05) is 29.5 Å². The Morgan fingerprint density at radius 1 is 1.30 bits per heavy atom. The van der Waals surface area contributed by atoms with E-state index < -0.39 is 0 Å². The Morgan fingerprint density at radius 2 is 2.10 bits per heavy atom. The fraction of sp³-hybridized carbons (Fsp3) is 0.438. The number of ether oxygens (including phenoxy) is 1. The molecule has 0 saturated carbocycles. The molecular weight excluding hydrogens is 250 g/mol. The van der Waals surface area contributed by atoms with Gasteiger partial charge in [-0.3, -0.25) is 0 Å². The first-order chi connectivity index (χ1) is 9.48. The highest BCUT2D eigenvalue weighted by atomic mass is 16.5. The number of nitrogens with one attached hydrogen (secondary N) is 2. The van der Waals surface area contributed by atoms with E-state index in [0.29, 0.717) is 6.61 Å². The zero-order valence-corrected chi connectivity index (χ0v) is 12.7. The molecule has 2 aromatic rings. The van der Waals surface area contributed by atoms with Crippen molar-refractivity contribution < 1.29 is 4.74 Å². The third-order valence-electron chi connectivity index (χ3n) is 2.86. The number of benzene rings is 1. The quantitative estimate of drug-likeness (QED) is 0.878. The number of nitrogens with zero attached hydrogens (tertiary/aromatic N) is 1. The van der Waals surface area contributed by atoms with Crippen molar-refractivity contribution in [3.63, 3.8) is 0 Å². The van der Waals surface area contributed by atoms with Crippen LogP contribution < -0.4 is 10.1 Å². The lowest BCUT2D eigenvalue weighted by Crippen LogP contribution is -2.35. The van der Waals surface area contributed by atoms with Crippen LogP contribution in [0, 0.1) is 0 Å². The Hall–Kier alpha value is -1.81. The fourth-order valence-corrected chi connectivity index (χ4v) is 1.86. The van der Waals surface area contributed by atoms with Crippen LogP contribution in [0.15, 0.2) is 30.5 Å². The molecule has 0 spiro atoms. The van der Waals surface area contributed by atoms with Gasteiger partial charge in [0.05, 0.1) is 6.61 Å². The molecule has 4 heteroatoms. The monoisotopic (exact) mass is 273 g/mol. The maximum absolute atomic E-state index is 5.51. The molecule has 0 fully saturated rings. The van der Waals surface area contributed by atoms with Crippen molar-refractivity contribution in [3.8, 4) is 17.1 Å². The van der Waals surface area contributed by atoms with Crippen molar-refractivity contribution >= 4 is 0 Å². The minimum atomic E-state index is 0.0974. The summed E-state index contributed by atoms with van der Waals surface area (Å²) in [7, 11) is 0. The molecule has 0 saturated heterocycles. The Labute approximate surface area is 120 Å². The summed E-state index contributed by atoms with van der Waals surface area (Å²) in [6, 6.07) is 7.97. The summed E-state index contributed by atoms with van der Waals surface area (Å²) >= 11 is 0. The van der Waals surface area contributed by atoms with Gasteiger partial charge in [0.2, 0.25) is 0 Å². The van der Waals surface area contributed by atoms with E-state index >= 15 is 0 Å². The number of hydrogen-bond donors (Lipinski definition) is 2. The Morgan fingerprint density at radius 3 is 2.80 bits per heavy atom. The second-order valence-corrected chi connectivity index (χ2v) is 5.82. The third kappa shape index (κ3) is 4.10. The van der Waals surface area contributed by atoms with Crippen LogP contribution in [0.2, 0.25) is 0 Å². The molecule has 20 heavy (non-hydrogen) atoms. The van der Waals surface area contributed by atoms with Crippen LogP contribution in [0.1, 0.15) is 33.4 Å². The lowest BCUT2D eigenvalue weighted by atomic mass is 10.1. The number of hydrogen-bond acceptors (Lipinski definition) is 3.